The molecule has 0 amide bonds. The summed E-state index contributed by atoms with van der Waals surface area (Å²) >= 11 is 5.74. The van der Waals surface area contributed by atoms with E-state index in [4.69, 9.17) is 16.7 Å². The highest BCUT2D eigenvalue weighted by molar-refractivity contribution is 6.29. The number of likely N-dealkylation sites (N-methyl/N-ethyl adjacent to an activating group) is 1. The van der Waals surface area contributed by atoms with Crippen molar-refractivity contribution >= 4 is 17.4 Å². The van der Waals surface area contributed by atoms with Gasteiger partial charge in [-0.25, -0.2) is 4.98 Å². The number of aliphatic hydroxyl groups is 1. The van der Waals surface area contributed by atoms with E-state index in [0.29, 0.717) is 5.15 Å². The summed E-state index contributed by atoms with van der Waals surface area (Å²) in [5, 5.41) is 9.40. The van der Waals surface area contributed by atoms with E-state index in [1.807, 2.05) is 31.0 Å². The second-order valence-corrected chi connectivity index (χ2v) is 3.35. The standard InChI is InChI=1S/C9H13ClN2O/c1-7(6-13)12(2)9-5-3-4-8(10)11-9/h3-5,7,13H,6H2,1-2H3. The van der Waals surface area contributed by atoms with Gasteiger partial charge in [-0.2, -0.15) is 0 Å². The summed E-state index contributed by atoms with van der Waals surface area (Å²) in [5.41, 5.74) is 0. The average molecular weight is 201 g/mol. The van der Waals surface area contributed by atoms with E-state index < -0.39 is 0 Å². The number of rotatable bonds is 3. The van der Waals surface area contributed by atoms with Crippen molar-refractivity contribution in [3.8, 4) is 0 Å². The Balaban J connectivity index is 2.82. The predicted octanol–water partition coefficient (Wildman–Crippen LogP) is 1.55. The van der Waals surface area contributed by atoms with Gasteiger partial charge in [-0.3, -0.25) is 0 Å². The molecule has 0 spiro atoms. The average Bonchev–Trinajstić information content (AvgIpc) is 2.15. The molecule has 0 saturated carbocycles. The van der Waals surface area contributed by atoms with E-state index >= 15 is 0 Å². The van der Waals surface area contributed by atoms with Crippen molar-refractivity contribution in [3.05, 3.63) is 23.4 Å². The summed E-state index contributed by atoms with van der Waals surface area (Å²) in [7, 11) is 1.87. The first kappa shape index (κ1) is 10.3. The van der Waals surface area contributed by atoms with Crippen LogP contribution in [-0.4, -0.2) is 29.8 Å². The molecule has 0 aliphatic rings. The Hall–Kier alpha value is -0.800. The molecule has 0 aromatic carbocycles. The Kier molecular flexibility index (Phi) is 3.51. The van der Waals surface area contributed by atoms with Gasteiger partial charge in [-0.05, 0) is 19.1 Å². The highest BCUT2D eigenvalue weighted by Gasteiger charge is 2.09. The highest BCUT2D eigenvalue weighted by Crippen LogP contribution is 2.14. The number of hydrogen-bond donors (Lipinski definition) is 1. The molecule has 0 bridgehead atoms. The van der Waals surface area contributed by atoms with E-state index in [9.17, 15) is 0 Å². The van der Waals surface area contributed by atoms with Crippen LogP contribution in [0.5, 0.6) is 0 Å². The highest BCUT2D eigenvalue weighted by atomic mass is 35.5. The third-order valence-corrected chi connectivity index (χ3v) is 2.20. The van der Waals surface area contributed by atoms with Crippen LogP contribution in [0.2, 0.25) is 5.15 Å². The fraction of sp³-hybridized carbons (Fsp3) is 0.444. The topological polar surface area (TPSA) is 36.4 Å². The number of aliphatic hydroxyl groups excluding tert-OH is 1. The minimum atomic E-state index is 0.0472. The van der Waals surface area contributed by atoms with Gasteiger partial charge >= 0.3 is 0 Å². The second kappa shape index (κ2) is 4.44. The van der Waals surface area contributed by atoms with Crippen molar-refractivity contribution < 1.29 is 5.11 Å². The fourth-order valence-electron chi connectivity index (χ4n) is 0.942. The zero-order valence-corrected chi connectivity index (χ0v) is 8.49. The van der Waals surface area contributed by atoms with Crippen LogP contribution in [0, 0.1) is 0 Å². The SMILES string of the molecule is CC(CO)N(C)c1cccc(Cl)n1. The summed E-state index contributed by atoms with van der Waals surface area (Å²) in [6.45, 7) is 2.02. The Labute approximate surface area is 83.0 Å². The van der Waals surface area contributed by atoms with Crippen LogP contribution in [0.1, 0.15) is 6.92 Å². The minimum Gasteiger partial charge on any atom is -0.394 e. The predicted molar refractivity (Wildman–Crippen MR) is 54.2 cm³/mol. The molecule has 0 aliphatic carbocycles. The first-order valence-corrected chi connectivity index (χ1v) is 4.49. The number of hydrogen-bond acceptors (Lipinski definition) is 3. The molecular weight excluding hydrogens is 188 g/mol. The van der Waals surface area contributed by atoms with Gasteiger partial charge in [0.15, 0.2) is 0 Å². The Morgan fingerprint density at radius 2 is 2.31 bits per heavy atom. The van der Waals surface area contributed by atoms with Crippen molar-refractivity contribution in [2.24, 2.45) is 0 Å². The summed E-state index contributed by atoms with van der Waals surface area (Å²) in [6.07, 6.45) is 0. The lowest BCUT2D eigenvalue weighted by atomic mass is 10.3. The van der Waals surface area contributed by atoms with Gasteiger partial charge in [0.05, 0.1) is 12.6 Å². The third kappa shape index (κ3) is 2.57. The van der Waals surface area contributed by atoms with Crippen molar-refractivity contribution in [2.45, 2.75) is 13.0 Å². The maximum absolute atomic E-state index is 8.93. The van der Waals surface area contributed by atoms with Crippen LogP contribution >= 0.6 is 11.6 Å². The first-order valence-electron chi connectivity index (χ1n) is 4.11. The van der Waals surface area contributed by atoms with Crippen LogP contribution in [0.25, 0.3) is 0 Å². The van der Waals surface area contributed by atoms with E-state index in [0.717, 1.165) is 5.82 Å². The van der Waals surface area contributed by atoms with Gasteiger partial charge in [0.1, 0.15) is 11.0 Å². The number of halogens is 1. The van der Waals surface area contributed by atoms with Gasteiger partial charge in [0.2, 0.25) is 0 Å². The van der Waals surface area contributed by atoms with E-state index in [1.54, 1.807) is 6.07 Å². The van der Waals surface area contributed by atoms with E-state index in [1.165, 1.54) is 0 Å². The van der Waals surface area contributed by atoms with Gasteiger partial charge in [-0.1, -0.05) is 17.7 Å². The Morgan fingerprint density at radius 1 is 1.62 bits per heavy atom. The van der Waals surface area contributed by atoms with Crippen LogP contribution < -0.4 is 4.90 Å². The van der Waals surface area contributed by atoms with Crippen molar-refractivity contribution in [1.29, 1.82) is 0 Å². The van der Waals surface area contributed by atoms with Gasteiger partial charge in [0.25, 0.3) is 0 Å². The molecule has 72 valence electrons. The molecule has 1 aromatic rings. The van der Waals surface area contributed by atoms with Crippen LogP contribution in [0.3, 0.4) is 0 Å². The van der Waals surface area contributed by atoms with Crippen LogP contribution in [0.4, 0.5) is 5.82 Å². The van der Waals surface area contributed by atoms with Crippen molar-refractivity contribution in [1.82, 2.24) is 4.98 Å². The smallest absolute Gasteiger partial charge is 0.131 e. The van der Waals surface area contributed by atoms with Gasteiger partial charge in [-0.15, -0.1) is 0 Å². The zero-order valence-electron chi connectivity index (χ0n) is 7.74. The summed E-state index contributed by atoms with van der Waals surface area (Å²) in [5.74, 6) is 0.772. The molecular formula is C9H13ClN2O. The lowest BCUT2D eigenvalue weighted by Crippen LogP contribution is -2.32. The molecule has 0 fully saturated rings. The monoisotopic (exact) mass is 200 g/mol. The number of pyridine rings is 1. The molecule has 1 aromatic heterocycles. The number of anilines is 1. The fourth-order valence-corrected chi connectivity index (χ4v) is 1.10. The molecule has 0 saturated heterocycles. The zero-order chi connectivity index (χ0) is 9.84. The molecule has 1 unspecified atom stereocenters. The van der Waals surface area contributed by atoms with Crippen molar-refractivity contribution in [2.75, 3.05) is 18.6 Å². The van der Waals surface area contributed by atoms with Gasteiger partial charge < -0.3 is 10.0 Å². The molecule has 1 atom stereocenters. The molecule has 1 N–H and O–H groups in total. The van der Waals surface area contributed by atoms with Crippen LogP contribution in [0.15, 0.2) is 18.2 Å². The molecule has 1 rings (SSSR count). The summed E-state index contributed by atoms with van der Waals surface area (Å²) < 4.78 is 0. The lowest BCUT2D eigenvalue weighted by Gasteiger charge is -2.24. The number of aromatic nitrogens is 1. The molecule has 0 aliphatic heterocycles. The molecule has 13 heavy (non-hydrogen) atoms. The quantitative estimate of drug-likeness (QED) is 0.753. The van der Waals surface area contributed by atoms with Crippen molar-refractivity contribution in [3.63, 3.8) is 0 Å². The minimum absolute atomic E-state index is 0.0472. The normalized spacial score (nSPS) is 12.6. The largest absolute Gasteiger partial charge is 0.394 e. The molecule has 0 radical (unpaired) electrons. The van der Waals surface area contributed by atoms with E-state index in [2.05, 4.69) is 4.98 Å². The van der Waals surface area contributed by atoms with E-state index in [-0.39, 0.29) is 12.6 Å². The summed E-state index contributed by atoms with van der Waals surface area (Å²) in [4.78, 5) is 6.00. The second-order valence-electron chi connectivity index (χ2n) is 2.96. The molecule has 3 nitrogen and oxygen atoms in total. The molecule has 4 heteroatoms. The summed E-state index contributed by atoms with van der Waals surface area (Å²) in [6, 6.07) is 5.47. The Bertz CT molecular complexity index is 280. The lowest BCUT2D eigenvalue weighted by molar-refractivity contribution is 0.270. The third-order valence-electron chi connectivity index (χ3n) is 1.99. The Morgan fingerprint density at radius 3 is 2.85 bits per heavy atom. The van der Waals surface area contributed by atoms with Gasteiger partial charge in [0, 0.05) is 7.05 Å². The molecule has 1 heterocycles. The van der Waals surface area contributed by atoms with Crippen LogP contribution in [-0.2, 0) is 0 Å². The first-order chi connectivity index (χ1) is 6.15. The maximum atomic E-state index is 8.93. The maximum Gasteiger partial charge on any atom is 0.131 e. The number of nitrogens with zero attached hydrogens (tertiary/aromatic N) is 2.